The highest BCUT2D eigenvalue weighted by atomic mass is 32.1. The van der Waals surface area contributed by atoms with E-state index >= 15 is 0 Å². The average Bonchev–Trinajstić information content (AvgIpc) is 3.06. The Kier molecular flexibility index (Phi) is 4.18. The number of rotatable bonds is 3. The fraction of sp³-hybridized carbons (Fsp3) is 0.0625. The molecule has 0 fully saturated rings. The van der Waals surface area contributed by atoms with Crippen LogP contribution >= 0.6 is 11.3 Å². The molecule has 3 aromatic heterocycles. The molecular formula is C16H11N5O2S. The summed E-state index contributed by atoms with van der Waals surface area (Å²) in [7, 11) is 1.58. The Hall–Kier alpha value is -3.31. The van der Waals surface area contributed by atoms with Gasteiger partial charge in [-0.3, -0.25) is 14.9 Å². The number of nitriles is 1. The summed E-state index contributed by atoms with van der Waals surface area (Å²) < 4.78 is 1.34. The third-order valence-electron chi connectivity index (χ3n) is 3.24. The molecule has 0 aliphatic heterocycles. The van der Waals surface area contributed by atoms with Gasteiger partial charge in [0.25, 0.3) is 5.91 Å². The molecule has 0 aliphatic carbocycles. The van der Waals surface area contributed by atoms with Gasteiger partial charge in [0.05, 0.1) is 10.4 Å². The largest absolute Gasteiger partial charge is 0.318 e. The molecule has 1 amide bonds. The van der Waals surface area contributed by atoms with Crippen LogP contribution in [0.3, 0.4) is 0 Å². The summed E-state index contributed by atoms with van der Waals surface area (Å²) in [5, 5.41) is 11.9. The van der Waals surface area contributed by atoms with Crippen LogP contribution in [0.15, 0.2) is 47.7 Å². The highest BCUT2D eigenvalue weighted by Gasteiger charge is 2.11. The Bertz CT molecular complexity index is 998. The highest BCUT2D eigenvalue weighted by Crippen LogP contribution is 2.28. The average molecular weight is 337 g/mol. The number of anilines is 1. The number of amides is 1. The number of hydrogen-bond donors (Lipinski definition) is 1. The van der Waals surface area contributed by atoms with Gasteiger partial charge in [-0.05, 0) is 18.2 Å². The van der Waals surface area contributed by atoms with E-state index in [-0.39, 0.29) is 11.5 Å². The van der Waals surface area contributed by atoms with Gasteiger partial charge in [-0.1, -0.05) is 11.3 Å². The van der Waals surface area contributed by atoms with Crippen molar-refractivity contribution in [2.24, 2.45) is 7.05 Å². The van der Waals surface area contributed by atoms with Crippen molar-refractivity contribution in [2.75, 3.05) is 5.32 Å². The summed E-state index contributed by atoms with van der Waals surface area (Å²) in [6.07, 6.45) is 4.69. The number of nitrogens with zero attached hydrogens (tertiary/aromatic N) is 4. The molecule has 0 radical (unpaired) electrons. The van der Waals surface area contributed by atoms with Crippen LogP contribution in [0.4, 0.5) is 5.13 Å². The normalized spacial score (nSPS) is 10.2. The van der Waals surface area contributed by atoms with Crippen LogP contribution in [-0.2, 0) is 7.05 Å². The predicted octanol–water partition coefficient (Wildman–Crippen LogP) is 2.03. The molecule has 0 saturated heterocycles. The van der Waals surface area contributed by atoms with Crippen LogP contribution < -0.4 is 10.9 Å². The first-order chi connectivity index (χ1) is 11.6. The molecule has 3 aromatic rings. The van der Waals surface area contributed by atoms with Gasteiger partial charge in [0.1, 0.15) is 11.8 Å². The van der Waals surface area contributed by atoms with Crippen molar-refractivity contribution in [3.63, 3.8) is 0 Å². The fourth-order valence-corrected chi connectivity index (χ4v) is 2.77. The van der Waals surface area contributed by atoms with Gasteiger partial charge in [0, 0.05) is 37.3 Å². The van der Waals surface area contributed by atoms with Crippen molar-refractivity contribution in [1.82, 2.24) is 14.5 Å². The van der Waals surface area contributed by atoms with Crippen LogP contribution in [0.1, 0.15) is 16.1 Å². The van der Waals surface area contributed by atoms with E-state index in [1.165, 1.54) is 34.2 Å². The van der Waals surface area contributed by atoms with E-state index in [9.17, 15) is 9.59 Å². The topological polar surface area (TPSA) is 101 Å². The van der Waals surface area contributed by atoms with Crippen LogP contribution in [0, 0.1) is 11.3 Å². The highest BCUT2D eigenvalue weighted by molar-refractivity contribution is 7.19. The zero-order valence-corrected chi connectivity index (χ0v) is 13.4. The summed E-state index contributed by atoms with van der Waals surface area (Å²) >= 11 is 1.30. The molecule has 118 valence electrons. The lowest BCUT2D eigenvalue weighted by atomic mass is 10.2. The van der Waals surface area contributed by atoms with E-state index in [1.54, 1.807) is 31.6 Å². The summed E-state index contributed by atoms with van der Waals surface area (Å²) in [6.45, 7) is 0. The fourth-order valence-electron chi connectivity index (χ4n) is 1.97. The maximum atomic E-state index is 12.2. The van der Waals surface area contributed by atoms with Crippen molar-refractivity contribution in [1.29, 1.82) is 5.26 Å². The Morgan fingerprint density at radius 3 is 2.75 bits per heavy atom. The lowest BCUT2D eigenvalue weighted by molar-refractivity contribution is 0.102. The van der Waals surface area contributed by atoms with Crippen molar-refractivity contribution in [2.45, 2.75) is 0 Å². The molecule has 3 rings (SSSR count). The Morgan fingerprint density at radius 1 is 1.25 bits per heavy atom. The van der Waals surface area contributed by atoms with Gasteiger partial charge in [-0.15, -0.1) is 0 Å². The van der Waals surface area contributed by atoms with Gasteiger partial charge in [0.2, 0.25) is 5.56 Å². The van der Waals surface area contributed by atoms with Crippen LogP contribution in [0.25, 0.3) is 10.4 Å². The Labute approximate surface area is 140 Å². The number of pyridine rings is 2. The van der Waals surface area contributed by atoms with Crippen LogP contribution in [-0.4, -0.2) is 20.4 Å². The molecule has 0 spiro atoms. The molecule has 1 N–H and O–H groups in total. The molecular weight excluding hydrogens is 326 g/mol. The second-order valence-electron chi connectivity index (χ2n) is 4.89. The first-order valence-electron chi connectivity index (χ1n) is 6.87. The Morgan fingerprint density at radius 2 is 2.08 bits per heavy atom. The molecule has 8 heteroatoms. The summed E-state index contributed by atoms with van der Waals surface area (Å²) in [6, 6.07) is 8.16. The van der Waals surface area contributed by atoms with Gasteiger partial charge >= 0.3 is 0 Å². The number of hydrogen-bond acceptors (Lipinski definition) is 6. The zero-order chi connectivity index (χ0) is 17.1. The first kappa shape index (κ1) is 15.6. The van der Waals surface area contributed by atoms with Gasteiger partial charge in [-0.2, -0.15) is 5.26 Å². The monoisotopic (exact) mass is 337 g/mol. The molecule has 3 heterocycles. The van der Waals surface area contributed by atoms with Gasteiger partial charge < -0.3 is 4.57 Å². The van der Waals surface area contributed by atoms with Crippen molar-refractivity contribution in [3.8, 4) is 16.5 Å². The van der Waals surface area contributed by atoms with Gasteiger partial charge in [-0.25, -0.2) is 9.97 Å². The summed E-state index contributed by atoms with van der Waals surface area (Å²) in [5.74, 6) is -0.343. The maximum absolute atomic E-state index is 12.2. The van der Waals surface area contributed by atoms with Crippen LogP contribution in [0.5, 0.6) is 0 Å². The molecule has 0 aromatic carbocycles. The number of carbonyl (C=O) groups excluding carboxylic acids is 1. The molecule has 0 atom stereocenters. The first-order valence-corrected chi connectivity index (χ1v) is 7.69. The number of nitrogens with one attached hydrogen (secondary N) is 1. The molecule has 7 nitrogen and oxygen atoms in total. The minimum absolute atomic E-state index is 0.184. The minimum atomic E-state index is -0.343. The van der Waals surface area contributed by atoms with E-state index in [4.69, 9.17) is 5.26 Å². The second kappa shape index (κ2) is 6.44. The zero-order valence-electron chi connectivity index (χ0n) is 12.6. The van der Waals surface area contributed by atoms with Crippen molar-refractivity contribution >= 4 is 22.4 Å². The third-order valence-corrected chi connectivity index (χ3v) is 4.20. The molecule has 0 unspecified atom stereocenters. The van der Waals surface area contributed by atoms with Crippen molar-refractivity contribution in [3.05, 3.63) is 64.5 Å². The lowest BCUT2D eigenvalue weighted by Crippen LogP contribution is -2.19. The number of thiazole rings is 1. The second-order valence-corrected chi connectivity index (χ2v) is 5.93. The Balaban J connectivity index is 1.78. The molecule has 0 saturated carbocycles. The molecule has 0 bridgehead atoms. The summed E-state index contributed by atoms with van der Waals surface area (Å²) in [5.41, 5.74) is 1.34. The van der Waals surface area contributed by atoms with Crippen molar-refractivity contribution < 1.29 is 4.79 Å². The predicted molar refractivity (Wildman–Crippen MR) is 89.7 cm³/mol. The lowest BCUT2D eigenvalue weighted by Gasteiger charge is -2.03. The number of aryl methyl sites for hydroxylation is 1. The minimum Gasteiger partial charge on any atom is -0.318 e. The standard InChI is InChI=1S/C16H11N5O2S/c1-21-9-11(3-5-14(21)22)15(23)20-16-19-8-13(24-16)10-2-4-12(6-17)18-7-10/h2-5,7-9H,1H3,(H,19,20,23). The van der Waals surface area contributed by atoms with E-state index in [2.05, 4.69) is 15.3 Å². The maximum Gasteiger partial charge on any atom is 0.258 e. The van der Waals surface area contributed by atoms with E-state index in [1.807, 2.05) is 6.07 Å². The SMILES string of the molecule is Cn1cc(C(=O)Nc2ncc(-c3ccc(C#N)nc3)s2)ccc1=O. The van der Waals surface area contributed by atoms with E-state index in [0.29, 0.717) is 16.4 Å². The van der Waals surface area contributed by atoms with E-state index in [0.717, 1.165) is 10.4 Å². The number of aromatic nitrogens is 3. The molecule has 0 aliphatic rings. The smallest absolute Gasteiger partial charge is 0.258 e. The molecule has 24 heavy (non-hydrogen) atoms. The summed E-state index contributed by atoms with van der Waals surface area (Å²) in [4.78, 5) is 32.5. The van der Waals surface area contributed by atoms with Crippen LogP contribution in [0.2, 0.25) is 0 Å². The van der Waals surface area contributed by atoms with Gasteiger partial charge in [0.15, 0.2) is 5.13 Å². The third kappa shape index (κ3) is 3.21. The van der Waals surface area contributed by atoms with E-state index < -0.39 is 0 Å². The number of carbonyl (C=O) groups is 1. The quantitative estimate of drug-likeness (QED) is 0.788.